The van der Waals surface area contributed by atoms with E-state index in [1.807, 2.05) is 86.5 Å². The Morgan fingerprint density at radius 3 is 2.59 bits per heavy atom. The number of benzene rings is 2. The Bertz CT molecular complexity index is 1170. The van der Waals surface area contributed by atoms with Gasteiger partial charge in [-0.05, 0) is 99.0 Å². The van der Waals surface area contributed by atoms with Gasteiger partial charge < -0.3 is 15.0 Å². The number of amides is 2. The molecule has 1 aliphatic rings. The fraction of sp³-hybridized carbons (Fsp3) is 0.160. The first-order chi connectivity index (χ1) is 15.4. The second-order valence-corrected chi connectivity index (χ2v) is 10.0. The molecule has 164 valence electrons. The highest BCUT2D eigenvalue weighted by Crippen LogP contribution is 2.35. The molecule has 2 heterocycles. The van der Waals surface area contributed by atoms with Crippen LogP contribution in [0, 0.1) is 6.92 Å². The van der Waals surface area contributed by atoms with Gasteiger partial charge in [-0.25, -0.2) is 4.79 Å². The number of urea groups is 1. The summed E-state index contributed by atoms with van der Waals surface area (Å²) in [6.45, 7) is 10.4. The van der Waals surface area contributed by atoms with Crippen LogP contribution in [0.25, 0.3) is 11.8 Å². The van der Waals surface area contributed by atoms with E-state index in [0.29, 0.717) is 0 Å². The van der Waals surface area contributed by atoms with Crippen LogP contribution in [0.3, 0.4) is 0 Å². The quantitative estimate of drug-likeness (QED) is 0.382. The Morgan fingerprint density at radius 2 is 1.91 bits per heavy atom. The molecule has 3 aromatic rings. The van der Waals surface area contributed by atoms with Crippen LogP contribution in [0.5, 0.6) is 5.75 Å². The van der Waals surface area contributed by atoms with E-state index in [1.54, 1.807) is 11.3 Å². The number of hydrogen-bond donors (Lipinski definition) is 2. The van der Waals surface area contributed by atoms with Crippen molar-refractivity contribution >= 4 is 52.5 Å². The maximum atomic E-state index is 12.2. The number of thiophene rings is 1. The van der Waals surface area contributed by atoms with Gasteiger partial charge in [-0.1, -0.05) is 6.58 Å². The van der Waals surface area contributed by atoms with Crippen LogP contribution in [0.15, 0.2) is 71.6 Å². The molecule has 1 aliphatic heterocycles. The van der Waals surface area contributed by atoms with Crippen LogP contribution >= 0.6 is 23.3 Å². The second kappa shape index (κ2) is 9.54. The normalized spacial score (nSPS) is 12.6. The minimum Gasteiger partial charge on any atom is -0.491 e. The summed E-state index contributed by atoms with van der Waals surface area (Å²) in [6.07, 6.45) is 4.19. The van der Waals surface area contributed by atoms with Crippen molar-refractivity contribution in [3.63, 3.8) is 0 Å². The lowest BCUT2D eigenvalue weighted by atomic mass is 10.0. The molecule has 0 radical (unpaired) electrons. The summed E-state index contributed by atoms with van der Waals surface area (Å²) in [6, 6.07) is 17.5. The minimum atomic E-state index is -0.260. The van der Waals surface area contributed by atoms with Gasteiger partial charge in [-0.3, -0.25) is 4.72 Å². The third-order valence-electron chi connectivity index (χ3n) is 4.76. The Balaban J connectivity index is 1.39. The van der Waals surface area contributed by atoms with Crippen LogP contribution in [-0.4, -0.2) is 12.1 Å². The van der Waals surface area contributed by atoms with Crippen molar-refractivity contribution in [1.29, 1.82) is 0 Å². The number of nitrogens with zero attached hydrogens (tertiary/aromatic N) is 1. The average Bonchev–Trinajstić information content (AvgIpc) is 3.18. The van der Waals surface area contributed by atoms with E-state index in [-0.39, 0.29) is 12.1 Å². The van der Waals surface area contributed by atoms with Crippen LogP contribution in [-0.2, 0) is 0 Å². The molecule has 0 fully saturated rings. The second-order valence-electron chi connectivity index (χ2n) is 7.62. The summed E-state index contributed by atoms with van der Waals surface area (Å²) in [5.41, 5.74) is 4.72. The molecule has 0 saturated carbocycles. The number of fused-ring (bicyclic) bond motifs is 1. The van der Waals surface area contributed by atoms with E-state index >= 15 is 0 Å². The van der Waals surface area contributed by atoms with Gasteiger partial charge >= 0.3 is 6.03 Å². The first-order valence-electron chi connectivity index (χ1n) is 10.3. The largest absolute Gasteiger partial charge is 0.491 e. The van der Waals surface area contributed by atoms with Crippen molar-refractivity contribution in [3.05, 3.63) is 83.4 Å². The molecule has 1 aromatic heterocycles. The standard InChI is InChI=1S/C25H25N3O2S2/c1-16(2)30-22-10-11-23-18(4)28(14-13-19(23)15-22)21-8-6-20(7-9-21)26-25(29)27-32-24-12-5-17(3)31-24/h5-16H,4H2,1-3H3,(H2,26,27,29). The zero-order valence-electron chi connectivity index (χ0n) is 18.2. The number of anilines is 2. The predicted molar refractivity (Wildman–Crippen MR) is 136 cm³/mol. The van der Waals surface area contributed by atoms with Gasteiger partial charge in [0.25, 0.3) is 0 Å². The molecule has 5 nitrogen and oxygen atoms in total. The average molecular weight is 464 g/mol. The lowest BCUT2D eigenvalue weighted by molar-refractivity contribution is 0.242. The van der Waals surface area contributed by atoms with Gasteiger partial charge in [0.15, 0.2) is 0 Å². The molecular weight excluding hydrogens is 438 g/mol. The predicted octanol–water partition coefficient (Wildman–Crippen LogP) is 7.13. The molecule has 0 atom stereocenters. The summed E-state index contributed by atoms with van der Waals surface area (Å²) in [5.74, 6) is 0.853. The molecule has 0 saturated heterocycles. The summed E-state index contributed by atoms with van der Waals surface area (Å²) >= 11 is 2.96. The zero-order valence-corrected chi connectivity index (χ0v) is 19.8. The van der Waals surface area contributed by atoms with Crippen LogP contribution in [0.1, 0.15) is 29.9 Å². The molecule has 0 unspecified atom stereocenters. The number of carbonyl (C=O) groups is 1. The van der Waals surface area contributed by atoms with Gasteiger partial charge in [0.1, 0.15) is 5.75 Å². The van der Waals surface area contributed by atoms with Gasteiger partial charge in [0, 0.05) is 33.7 Å². The van der Waals surface area contributed by atoms with Crippen LogP contribution < -0.4 is 19.7 Å². The smallest absolute Gasteiger partial charge is 0.329 e. The van der Waals surface area contributed by atoms with Crippen molar-refractivity contribution in [3.8, 4) is 5.75 Å². The van der Waals surface area contributed by atoms with Crippen molar-refractivity contribution in [1.82, 2.24) is 4.72 Å². The Morgan fingerprint density at radius 1 is 1.12 bits per heavy atom. The summed E-state index contributed by atoms with van der Waals surface area (Å²) in [7, 11) is 0. The lowest BCUT2D eigenvalue weighted by Crippen LogP contribution is -2.22. The Labute approximate surface area is 196 Å². The van der Waals surface area contributed by atoms with Crippen LogP contribution in [0.2, 0.25) is 0 Å². The molecule has 0 aliphatic carbocycles. The van der Waals surface area contributed by atoms with Gasteiger partial charge in [0.05, 0.1) is 10.3 Å². The number of nitrogens with one attached hydrogen (secondary N) is 2. The Kier molecular flexibility index (Phi) is 6.58. The number of carbonyl (C=O) groups excluding carboxylic acids is 1. The lowest BCUT2D eigenvalue weighted by Gasteiger charge is -2.28. The fourth-order valence-corrected chi connectivity index (χ4v) is 4.98. The van der Waals surface area contributed by atoms with Gasteiger partial charge in [-0.15, -0.1) is 11.3 Å². The molecule has 2 N–H and O–H groups in total. The maximum Gasteiger partial charge on any atom is 0.329 e. The highest BCUT2D eigenvalue weighted by molar-refractivity contribution is 7.99. The maximum absolute atomic E-state index is 12.2. The topological polar surface area (TPSA) is 53.6 Å². The summed E-state index contributed by atoms with van der Waals surface area (Å²) < 4.78 is 9.65. The van der Waals surface area contributed by atoms with E-state index in [1.165, 1.54) is 16.8 Å². The van der Waals surface area contributed by atoms with Crippen LogP contribution in [0.4, 0.5) is 16.2 Å². The molecule has 2 amide bonds. The molecule has 0 spiro atoms. The molecule has 32 heavy (non-hydrogen) atoms. The molecule has 4 rings (SSSR count). The molecule has 7 heteroatoms. The van der Waals surface area contributed by atoms with Gasteiger partial charge in [-0.2, -0.15) is 0 Å². The van der Waals surface area contributed by atoms with E-state index in [2.05, 4.69) is 22.7 Å². The first-order valence-corrected chi connectivity index (χ1v) is 11.9. The van der Waals surface area contributed by atoms with Crippen molar-refractivity contribution in [2.24, 2.45) is 0 Å². The zero-order chi connectivity index (χ0) is 22.7. The number of rotatable bonds is 6. The number of hydrogen-bond acceptors (Lipinski definition) is 5. The van der Waals surface area contributed by atoms with Crippen molar-refractivity contribution in [2.45, 2.75) is 31.1 Å². The van der Waals surface area contributed by atoms with E-state index in [9.17, 15) is 4.79 Å². The van der Waals surface area contributed by atoms with E-state index < -0.39 is 0 Å². The first kappa shape index (κ1) is 22.0. The molecular formula is C25H25N3O2S2. The monoisotopic (exact) mass is 463 g/mol. The summed E-state index contributed by atoms with van der Waals surface area (Å²) in [5, 5.41) is 2.86. The van der Waals surface area contributed by atoms with Gasteiger partial charge in [0.2, 0.25) is 0 Å². The minimum absolute atomic E-state index is 0.132. The Hall–Kier alpha value is -3.16. The summed E-state index contributed by atoms with van der Waals surface area (Å²) in [4.78, 5) is 15.4. The molecule has 0 bridgehead atoms. The van der Waals surface area contributed by atoms with Crippen molar-refractivity contribution < 1.29 is 9.53 Å². The van der Waals surface area contributed by atoms with E-state index in [0.717, 1.165) is 38.2 Å². The highest BCUT2D eigenvalue weighted by Gasteiger charge is 2.17. The SMILES string of the molecule is C=C1c2ccc(OC(C)C)cc2C=CN1c1ccc(NC(=O)NSc2ccc(C)s2)cc1. The van der Waals surface area contributed by atoms with E-state index in [4.69, 9.17) is 4.74 Å². The molecule has 2 aromatic carbocycles. The third kappa shape index (κ3) is 5.18. The highest BCUT2D eigenvalue weighted by atomic mass is 32.2. The fourth-order valence-electron chi connectivity index (χ4n) is 3.33. The number of ether oxygens (including phenoxy) is 1. The third-order valence-corrected chi connectivity index (χ3v) is 6.68. The van der Waals surface area contributed by atoms with Crippen molar-refractivity contribution in [2.75, 3.05) is 10.2 Å². The number of aryl methyl sites for hydroxylation is 1.